The first kappa shape index (κ1) is 56.0. The van der Waals surface area contributed by atoms with E-state index in [9.17, 15) is 33.8 Å². The van der Waals surface area contributed by atoms with Gasteiger partial charge in [-0.15, -0.1) is 0 Å². The van der Waals surface area contributed by atoms with Crippen LogP contribution in [0.15, 0.2) is 48.6 Å². The van der Waals surface area contributed by atoms with Crippen molar-refractivity contribution in [3.05, 3.63) is 48.6 Å². The summed E-state index contributed by atoms with van der Waals surface area (Å²) in [7, 11) is -9.70. The Bertz CT molecular complexity index is 1230. The number of hydrogen-bond donors (Lipinski definition) is 5. The van der Waals surface area contributed by atoms with Gasteiger partial charge >= 0.3 is 27.6 Å². The first-order valence-electron chi connectivity index (χ1n) is 21.4. The molecule has 5 N–H and O–H groups in total. The van der Waals surface area contributed by atoms with Crippen molar-refractivity contribution >= 4 is 27.6 Å². The van der Waals surface area contributed by atoms with Gasteiger partial charge in [0, 0.05) is 12.8 Å². The average Bonchev–Trinajstić information content (AvgIpc) is 3.17. The molecule has 0 bridgehead atoms. The minimum atomic E-state index is -4.87. The van der Waals surface area contributed by atoms with Crippen LogP contribution in [0, 0.1) is 0 Å². The summed E-state index contributed by atoms with van der Waals surface area (Å²) in [6.07, 6.45) is 34.3. The fourth-order valence-corrected chi connectivity index (χ4v) is 6.65. The zero-order valence-corrected chi connectivity index (χ0v) is 37.0. The highest BCUT2D eigenvalue weighted by atomic mass is 31.2. The Labute approximate surface area is 348 Å². The van der Waals surface area contributed by atoms with Gasteiger partial charge in [0.05, 0.1) is 25.9 Å². The highest BCUT2D eigenvalue weighted by Gasteiger charge is 2.28. The molecule has 0 aromatic heterocycles. The van der Waals surface area contributed by atoms with Crippen LogP contribution in [-0.4, -0.2) is 81.6 Å². The summed E-state index contributed by atoms with van der Waals surface area (Å²) in [4.78, 5) is 52.6. The van der Waals surface area contributed by atoms with Crippen LogP contribution in [0.5, 0.6) is 0 Å². The van der Waals surface area contributed by atoms with Gasteiger partial charge in [-0.3, -0.25) is 23.2 Å². The van der Waals surface area contributed by atoms with Crippen LogP contribution in [-0.2, 0) is 41.8 Å². The number of hydrogen-bond acceptors (Lipinski definition) is 11. The second-order valence-electron chi connectivity index (χ2n) is 14.4. The van der Waals surface area contributed by atoms with Crippen molar-refractivity contribution in [1.82, 2.24) is 0 Å². The van der Waals surface area contributed by atoms with Crippen LogP contribution in [0.1, 0.15) is 162 Å². The van der Waals surface area contributed by atoms with E-state index >= 15 is 0 Å². The quantitative estimate of drug-likeness (QED) is 0.0127. The smallest absolute Gasteiger partial charge is 0.462 e. The Kier molecular flexibility index (Phi) is 36.7. The first-order valence-corrected chi connectivity index (χ1v) is 24.5. The standard InChI is InChI=1S/C42H76O14P2/c1-3-5-7-8-9-10-11-12-13-14-15-18-21-24-28-32-41(45)52-36-40(37-55-58(50,51)54-35-39(44)34-53-57(47,48)49)56-42(46)33-29-25-22-19-16-17-20-23-27-31-38(43)30-26-6-4-2/h6,10-11,20,23,26-27,31,38-40,43-44H,3-5,7-9,12-19,21-22,24-25,28-30,32-37H2,1-2H3,(H,50,51)(H2,47,48,49)/b11-10-,23-20+,26-6+,31-27+/t38?,39-,40+/m0/s1. The summed E-state index contributed by atoms with van der Waals surface area (Å²) in [5, 5.41) is 19.6. The number of esters is 2. The molecule has 0 spiro atoms. The first-order chi connectivity index (χ1) is 27.8. The lowest BCUT2D eigenvalue weighted by Crippen LogP contribution is -2.30. The predicted molar refractivity (Wildman–Crippen MR) is 227 cm³/mol. The van der Waals surface area contributed by atoms with Gasteiger partial charge in [-0.05, 0) is 64.2 Å². The molecule has 338 valence electrons. The molecule has 4 atom stereocenters. The van der Waals surface area contributed by atoms with E-state index in [-0.39, 0.29) is 12.8 Å². The molecule has 14 nitrogen and oxygen atoms in total. The average molecular weight is 867 g/mol. The minimum absolute atomic E-state index is 0.0831. The van der Waals surface area contributed by atoms with E-state index in [2.05, 4.69) is 34.2 Å². The molecular formula is C42H76O14P2. The molecule has 0 aromatic rings. The summed E-state index contributed by atoms with van der Waals surface area (Å²) in [6, 6.07) is 0. The van der Waals surface area contributed by atoms with Crippen LogP contribution in [0.25, 0.3) is 0 Å². The monoisotopic (exact) mass is 866 g/mol. The second kappa shape index (κ2) is 38.0. The molecule has 0 radical (unpaired) electrons. The molecule has 0 amide bonds. The number of rotatable bonds is 40. The Morgan fingerprint density at radius 2 is 1.09 bits per heavy atom. The topological polar surface area (TPSA) is 216 Å². The number of carbonyl (C=O) groups excluding carboxylic acids is 2. The number of unbranched alkanes of at least 4 members (excludes halogenated alkanes) is 16. The fraction of sp³-hybridized carbons (Fsp3) is 0.762. The van der Waals surface area contributed by atoms with E-state index in [0.29, 0.717) is 19.3 Å². The number of ether oxygens (including phenoxy) is 2. The van der Waals surface area contributed by atoms with Crippen molar-refractivity contribution in [3.8, 4) is 0 Å². The Balaban J connectivity index is 4.60. The molecule has 0 rings (SSSR count). The van der Waals surface area contributed by atoms with Gasteiger partial charge < -0.3 is 34.4 Å². The Morgan fingerprint density at radius 1 is 0.569 bits per heavy atom. The van der Waals surface area contributed by atoms with E-state index in [4.69, 9.17) is 23.8 Å². The molecule has 0 aromatic carbocycles. The maximum absolute atomic E-state index is 12.6. The number of aliphatic hydroxyl groups is 2. The van der Waals surface area contributed by atoms with Crippen molar-refractivity contribution in [2.45, 2.75) is 180 Å². The Morgan fingerprint density at radius 3 is 1.67 bits per heavy atom. The van der Waals surface area contributed by atoms with Gasteiger partial charge in [0.1, 0.15) is 12.7 Å². The molecule has 58 heavy (non-hydrogen) atoms. The molecule has 16 heteroatoms. The van der Waals surface area contributed by atoms with Gasteiger partial charge in [-0.25, -0.2) is 9.13 Å². The molecule has 0 heterocycles. The van der Waals surface area contributed by atoms with Crippen molar-refractivity contribution < 1.29 is 66.7 Å². The molecule has 0 aliphatic heterocycles. The fourth-order valence-electron chi connectivity index (χ4n) is 5.50. The third kappa shape index (κ3) is 40.8. The van der Waals surface area contributed by atoms with Crippen molar-refractivity contribution in [1.29, 1.82) is 0 Å². The molecule has 0 fully saturated rings. The highest BCUT2D eigenvalue weighted by molar-refractivity contribution is 7.47. The van der Waals surface area contributed by atoms with E-state index in [0.717, 1.165) is 70.6 Å². The van der Waals surface area contributed by atoms with Crippen LogP contribution < -0.4 is 0 Å². The van der Waals surface area contributed by atoms with E-state index in [1.54, 1.807) is 6.08 Å². The maximum atomic E-state index is 12.6. The van der Waals surface area contributed by atoms with Crippen LogP contribution in [0.4, 0.5) is 0 Å². The zero-order chi connectivity index (χ0) is 43.2. The molecule has 0 saturated heterocycles. The zero-order valence-electron chi connectivity index (χ0n) is 35.2. The molecule has 0 saturated carbocycles. The summed E-state index contributed by atoms with van der Waals surface area (Å²) in [5.41, 5.74) is 0. The van der Waals surface area contributed by atoms with Gasteiger partial charge in [0.15, 0.2) is 6.10 Å². The third-order valence-corrected chi connectivity index (χ3v) is 10.2. The van der Waals surface area contributed by atoms with Crippen LogP contribution in [0.3, 0.4) is 0 Å². The van der Waals surface area contributed by atoms with Crippen LogP contribution in [0.2, 0.25) is 0 Å². The van der Waals surface area contributed by atoms with Gasteiger partial charge in [0.25, 0.3) is 0 Å². The second-order valence-corrected chi connectivity index (χ2v) is 17.1. The minimum Gasteiger partial charge on any atom is -0.462 e. The normalized spacial score (nSPS) is 15.1. The summed E-state index contributed by atoms with van der Waals surface area (Å²) >= 11 is 0. The van der Waals surface area contributed by atoms with Gasteiger partial charge in [-0.1, -0.05) is 133 Å². The number of carbonyl (C=O) groups is 2. The van der Waals surface area contributed by atoms with E-state index < -0.39 is 72.3 Å². The van der Waals surface area contributed by atoms with Crippen molar-refractivity contribution in [2.75, 3.05) is 26.4 Å². The van der Waals surface area contributed by atoms with Gasteiger partial charge in [-0.2, -0.15) is 0 Å². The van der Waals surface area contributed by atoms with Crippen LogP contribution >= 0.6 is 15.6 Å². The van der Waals surface area contributed by atoms with E-state index in [1.807, 2.05) is 31.2 Å². The molecular weight excluding hydrogens is 790 g/mol. The number of phosphoric acid groups is 2. The largest absolute Gasteiger partial charge is 0.472 e. The summed E-state index contributed by atoms with van der Waals surface area (Å²) in [6.45, 7) is 1.49. The third-order valence-electron chi connectivity index (χ3n) is 8.77. The summed E-state index contributed by atoms with van der Waals surface area (Å²) in [5.74, 6) is -1.09. The lowest BCUT2D eigenvalue weighted by molar-refractivity contribution is -0.161. The lowest BCUT2D eigenvalue weighted by atomic mass is 10.1. The SMILES string of the molecule is CC/C=C/CC(O)/C=C/C=C/CCCCCCCC(=O)O[C@H](COC(=O)CCCCCCCCC/C=C\CCCCCC)COP(=O)(O)OC[C@@H](O)COP(=O)(O)O. The lowest BCUT2D eigenvalue weighted by Gasteiger charge is -2.20. The maximum Gasteiger partial charge on any atom is 0.472 e. The van der Waals surface area contributed by atoms with Crippen molar-refractivity contribution in [3.63, 3.8) is 0 Å². The van der Waals surface area contributed by atoms with Gasteiger partial charge in [0.2, 0.25) is 0 Å². The van der Waals surface area contributed by atoms with E-state index in [1.165, 1.54) is 44.9 Å². The highest BCUT2D eigenvalue weighted by Crippen LogP contribution is 2.43. The number of allylic oxidation sites excluding steroid dienone is 6. The molecule has 0 aliphatic carbocycles. The summed E-state index contributed by atoms with van der Waals surface area (Å²) < 4.78 is 47.7. The predicted octanol–water partition coefficient (Wildman–Crippen LogP) is 9.64. The Hall–Kier alpha value is -1.96. The number of phosphoric ester groups is 2. The molecule has 0 aliphatic rings. The molecule has 2 unspecified atom stereocenters. The number of aliphatic hydroxyl groups excluding tert-OH is 2. The van der Waals surface area contributed by atoms with Crippen molar-refractivity contribution in [2.24, 2.45) is 0 Å².